The van der Waals surface area contributed by atoms with Gasteiger partial charge in [-0.15, -0.1) is 13.2 Å². The van der Waals surface area contributed by atoms with Crippen LogP contribution < -0.4 is 19.7 Å². The van der Waals surface area contributed by atoms with Gasteiger partial charge in [0.25, 0.3) is 5.91 Å². The molecule has 1 fully saturated rings. The summed E-state index contributed by atoms with van der Waals surface area (Å²) >= 11 is 1.71. The summed E-state index contributed by atoms with van der Waals surface area (Å²) in [5, 5.41) is 2.26. The SMILES string of the molecule is CNC(=O)c1nsc(Sc2cnc(N3CCN(C)CC3)c(OC)c2)c1OC(F)(F)F. The summed E-state index contributed by atoms with van der Waals surface area (Å²) in [6.45, 7) is 3.37. The number of anilines is 1. The third kappa shape index (κ3) is 5.26. The van der Waals surface area contributed by atoms with Crippen LogP contribution in [-0.2, 0) is 0 Å². The fraction of sp³-hybridized carbons (Fsp3) is 0.471. The van der Waals surface area contributed by atoms with Crippen LogP contribution in [0.25, 0.3) is 0 Å². The van der Waals surface area contributed by atoms with Gasteiger partial charge in [0.05, 0.1) is 7.11 Å². The standard InChI is InChI=1S/C17H20F3N5O3S2/c1-21-15(26)12-13(28-17(18,19)20)16(30-23-12)29-10-8-11(27-3)14(22-9-10)25-6-4-24(2)5-7-25/h8-9H,4-7H2,1-3H3,(H,21,26). The second-order valence-electron chi connectivity index (χ2n) is 6.36. The van der Waals surface area contributed by atoms with Gasteiger partial charge in [0.15, 0.2) is 23.0 Å². The minimum Gasteiger partial charge on any atom is -0.493 e. The Bertz CT molecular complexity index is 901. The monoisotopic (exact) mass is 463 g/mol. The van der Waals surface area contributed by atoms with E-state index in [1.165, 1.54) is 14.2 Å². The Hall–Kier alpha value is -2.25. The van der Waals surface area contributed by atoms with Gasteiger partial charge in [-0.1, -0.05) is 11.8 Å². The maximum Gasteiger partial charge on any atom is 0.573 e. The number of hydrogen-bond donors (Lipinski definition) is 1. The summed E-state index contributed by atoms with van der Waals surface area (Å²) in [6.07, 6.45) is -3.40. The van der Waals surface area contributed by atoms with E-state index >= 15 is 0 Å². The van der Waals surface area contributed by atoms with Gasteiger partial charge >= 0.3 is 6.36 Å². The molecule has 2 aromatic heterocycles. The number of aromatic nitrogens is 2. The minimum absolute atomic E-state index is 0.0853. The van der Waals surface area contributed by atoms with Crippen LogP contribution in [0.3, 0.4) is 0 Å². The lowest BCUT2D eigenvalue weighted by molar-refractivity contribution is -0.275. The molecule has 0 spiro atoms. The molecule has 30 heavy (non-hydrogen) atoms. The lowest BCUT2D eigenvalue weighted by atomic mass is 10.3. The molecule has 3 heterocycles. The maximum atomic E-state index is 12.9. The first-order valence-electron chi connectivity index (χ1n) is 8.84. The molecule has 0 bridgehead atoms. The van der Waals surface area contributed by atoms with E-state index in [1.54, 1.807) is 12.3 Å². The van der Waals surface area contributed by atoms with Crippen molar-refractivity contribution in [3.8, 4) is 11.5 Å². The van der Waals surface area contributed by atoms with Crippen LogP contribution in [0.1, 0.15) is 10.5 Å². The average Bonchev–Trinajstić information content (AvgIpc) is 3.08. The summed E-state index contributed by atoms with van der Waals surface area (Å²) in [4.78, 5) is 21.2. The molecule has 0 aromatic carbocycles. The van der Waals surface area contributed by atoms with Gasteiger partial charge < -0.3 is 24.6 Å². The van der Waals surface area contributed by atoms with Crippen molar-refractivity contribution < 1.29 is 27.4 Å². The third-order valence-corrected chi connectivity index (χ3v) is 6.25. The number of pyridine rings is 1. The highest BCUT2D eigenvalue weighted by Gasteiger charge is 2.36. The van der Waals surface area contributed by atoms with Crippen molar-refractivity contribution in [1.82, 2.24) is 19.6 Å². The lowest BCUT2D eigenvalue weighted by Crippen LogP contribution is -2.44. The molecule has 1 saturated heterocycles. The molecule has 1 N–H and O–H groups in total. The number of rotatable bonds is 6. The molecule has 1 aliphatic heterocycles. The van der Waals surface area contributed by atoms with E-state index in [4.69, 9.17) is 4.74 Å². The van der Waals surface area contributed by atoms with E-state index in [9.17, 15) is 18.0 Å². The van der Waals surface area contributed by atoms with Gasteiger partial charge in [-0.2, -0.15) is 4.37 Å². The summed E-state index contributed by atoms with van der Waals surface area (Å²) < 4.78 is 52.0. The summed E-state index contributed by atoms with van der Waals surface area (Å²) in [5.74, 6) is -0.201. The van der Waals surface area contributed by atoms with Crippen LogP contribution in [-0.4, -0.2) is 73.9 Å². The van der Waals surface area contributed by atoms with Gasteiger partial charge in [-0.25, -0.2) is 4.98 Å². The van der Waals surface area contributed by atoms with Crippen LogP contribution >= 0.6 is 23.3 Å². The molecule has 164 valence electrons. The van der Waals surface area contributed by atoms with E-state index in [2.05, 4.69) is 29.2 Å². The molecule has 0 aliphatic carbocycles. The number of hydrogen-bond acceptors (Lipinski definition) is 9. The molecule has 13 heteroatoms. The van der Waals surface area contributed by atoms with E-state index in [-0.39, 0.29) is 4.21 Å². The zero-order valence-corrected chi connectivity index (χ0v) is 18.1. The molecule has 0 radical (unpaired) electrons. The molecule has 3 rings (SSSR count). The van der Waals surface area contributed by atoms with Crippen LogP contribution in [0.2, 0.25) is 0 Å². The Labute approximate surface area is 179 Å². The quantitative estimate of drug-likeness (QED) is 0.701. The number of alkyl halides is 3. The minimum atomic E-state index is -4.96. The van der Waals surface area contributed by atoms with Gasteiger partial charge in [0.1, 0.15) is 4.21 Å². The molecule has 1 aliphatic rings. The van der Waals surface area contributed by atoms with Crippen molar-refractivity contribution in [2.24, 2.45) is 0 Å². The fourth-order valence-electron chi connectivity index (χ4n) is 2.79. The number of carbonyl (C=O) groups is 1. The molecule has 0 unspecified atom stereocenters. The molecule has 8 nitrogen and oxygen atoms in total. The second-order valence-corrected chi connectivity index (χ2v) is 8.48. The summed E-state index contributed by atoms with van der Waals surface area (Å²) in [7, 11) is 4.86. The van der Waals surface area contributed by atoms with Crippen molar-refractivity contribution in [3.05, 3.63) is 18.0 Å². The zero-order valence-electron chi connectivity index (χ0n) is 16.4. The molecule has 0 atom stereocenters. The Morgan fingerprint density at radius 3 is 2.60 bits per heavy atom. The summed E-state index contributed by atoms with van der Waals surface area (Å²) in [6, 6.07) is 1.70. The number of halogens is 3. The first kappa shape index (κ1) is 22.4. The van der Waals surface area contributed by atoms with Crippen molar-refractivity contribution in [2.45, 2.75) is 15.5 Å². The van der Waals surface area contributed by atoms with Gasteiger partial charge in [-0.3, -0.25) is 4.79 Å². The smallest absolute Gasteiger partial charge is 0.493 e. The number of amides is 1. The van der Waals surface area contributed by atoms with Gasteiger partial charge in [0.2, 0.25) is 0 Å². The highest BCUT2D eigenvalue weighted by molar-refractivity contribution is 8.01. The van der Waals surface area contributed by atoms with Crippen LogP contribution in [0, 0.1) is 0 Å². The zero-order chi connectivity index (χ0) is 21.9. The van der Waals surface area contributed by atoms with E-state index in [0.29, 0.717) is 16.5 Å². The molecular weight excluding hydrogens is 443 g/mol. The second kappa shape index (κ2) is 9.27. The molecule has 1 amide bonds. The highest BCUT2D eigenvalue weighted by atomic mass is 32.2. The Morgan fingerprint density at radius 2 is 2.00 bits per heavy atom. The van der Waals surface area contributed by atoms with E-state index in [0.717, 1.165) is 49.5 Å². The topological polar surface area (TPSA) is 79.8 Å². The van der Waals surface area contributed by atoms with Gasteiger partial charge in [-0.05, 0) is 24.6 Å². The van der Waals surface area contributed by atoms with Gasteiger partial charge in [0, 0.05) is 44.3 Å². The first-order chi connectivity index (χ1) is 14.2. The Kier molecular flexibility index (Phi) is 6.93. The van der Waals surface area contributed by atoms with Crippen molar-refractivity contribution in [3.63, 3.8) is 0 Å². The van der Waals surface area contributed by atoms with Crippen LogP contribution in [0.15, 0.2) is 21.4 Å². The maximum absolute atomic E-state index is 12.9. The average molecular weight is 464 g/mol. The van der Waals surface area contributed by atoms with E-state index in [1.807, 2.05) is 7.05 Å². The molecular formula is C17H20F3N5O3S2. The predicted octanol–water partition coefficient (Wildman–Crippen LogP) is 2.71. The Morgan fingerprint density at radius 1 is 1.30 bits per heavy atom. The van der Waals surface area contributed by atoms with Crippen molar-refractivity contribution in [1.29, 1.82) is 0 Å². The Balaban J connectivity index is 1.87. The largest absolute Gasteiger partial charge is 0.573 e. The van der Waals surface area contributed by atoms with Crippen LogP contribution in [0.5, 0.6) is 11.5 Å². The van der Waals surface area contributed by atoms with Crippen LogP contribution in [0.4, 0.5) is 19.0 Å². The first-order valence-corrected chi connectivity index (χ1v) is 10.4. The fourth-order valence-corrected chi connectivity index (χ4v) is 4.62. The predicted molar refractivity (Wildman–Crippen MR) is 107 cm³/mol. The molecule has 0 saturated carbocycles. The van der Waals surface area contributed by atoms with Crippen molar-refractivity contribution in [2.75, 3.05) is 52.3 Å². The lowest BCUT2D eigenvalue weighted by Gasteiger charge is -2.33. The number of piperazine rings is 1. The number of ether oxygens (including phenoxy) is 2. The van der Waals surface area contributed by atoms with E-state index < -0.39 is 23.7 Å². The number of nitrogens with zero attached hydrogens (tertiary/aromatic N) is 4. The highest BCUT2D eigenvalue weighted by Crippen LogP contribution is 2.44. The number of nitrogens with one attached hydrogen (secondary N) is 1. The third-order valence-electron chi connectivity index (χ3n) is 4.32. The summed E-state index contributed by atoms with van der Waals surface area (Å²) in [5.41, 5.74) is -0.420. The normalized spacial score (nSPS) is 15.2. The number of likely N-dealkylation sites (N-methyl/N-ethyl adjacent to an activating group) is 1. The molecule has 2 aromatic rings. The van der Waals surface area contributed by atoms with Crippen molar-refractivity contribution >= 4 is 35.0 Å². The number of carbonyl (C=O) groups excluding carboxylic acids is 1. The number of methoxy groups -OCH3 is 1.